The SMILES string of the molecule is Cc1cc(CN2CCN(c3cc(Br)cc(F)c3C(N)=O)CC2)no1. The topological polar surface area (TPSA) is 75.6 Å². The predicted molar refractivity (Wildman–Crippen MR) is 91.3 cm³/mol. The third kappa shape index (κ3) is 3.59. The molecule has 1 aliphatic heterocycles. The summed E-state index contributed by atoms with van der Waals surface area (Å²) in [5, 5.41) is 4.00. The number of carbonyl (C=O) groups is 1. The van der Waals surface area contributed by atoms with Crippen molar-refractivity contribution in [2.45, 2.75) is 13.5 Å². The average molecular weight is 397 g/mol. The summed E-state index contributed by atoms with van der Waals surface area (Å²) in [6, 6.07) is 4.91. The van der Waals surface area contributed by atoms with Gasteiger partial charge in [-0.05, 0) is 19.1 Å². The molecule has 3 rings (SSSR count). The number of benzene rings is 1. The van der Waals surface area contributed by atoms with Gasteiger partial charge in [0.2, 0.25) is 0 Å². The number of primary amides is 1. The number of aryl methyl sites for hydroxylation is 1. The molecule has 1 aromatic heterocycles. The summed E-state index contributed by atoms with van der Waals surface area (Å²) >= 11 is 3.27. The summed E-state index contributed by atoms with van der Waals surface area (Å²) < 4.78 is 19.8. The lowest BCUT2D eigenvalue weighted by molar-refractivity contribution is 0.0996. The minimum absolute atomic E-state index is 0.0567. The van der Waals surface area contributed by atoms with Crippen molar-refractivity contribution in [3.63, 3.8) is 0 Å². The maximum atomic E-state index is 14.1. The van der Waals surface area contributed by atoms with Crippen molar-refractivity contribution in [3.05, 3.63) is 45.5 Å². The number of carbonyl (C=O) groups excluding carboxylic acids is 1. The number of nitrogens with two attached hydrogens (primary N) is 1. The molecule has 0 unspecified atom stereocenters. The molecule has 0 aliphatic carbocycles. The minimum Gasteiger partial charge on any atom is -0.368 e. The number of rotatable bonds is 4. The van der Waals surface area contributed by atoms with E-state index in [1.807, 2.05) is 17.9 Å². The summed E-state index contributed by atoms with van der Waals surface area (Å²) in [5.74, 6) is -0.567. The number of nitrogens with zero attached hydrogens (tertiary/aromatic N) is 3. The Morgan fingerprint density at radius 3 is 2.62 bits per heavy atom. The van der Waals surface area contributed by atoms with Crippen LogP contribution in [-0.4, -0.2) is 42.1 Å². The van der Waals surface area contributed by atoms with E-state index in [4.69, 9.17) is 10.3 Å². The van der Waals surface area contributed by atoms with E-state index < -0.39 is 11.7 Å². The van der Waals surface area contributed by atoms with Gasteiger partial charge >= 0.3 is 0 Å². The van der Waals surface area contributed by atoms with Gasteiger partial charge in [0.05, 0.1) is 16.9 Å². The Hall–Kier alpha value is -1.93. The van der Waals surface area contributed by atoms with Crippen molar-refractivity contribution in [3.8, 4) is 0 Å². The van der Waals surface area contributed by atoms with Crippen molar-refractivity contribution in [2.24, 2.45) is 5.73 Å². The summed E-state index contributed by atoms with van der Waals surface area (Å²) in [7, 11) is 0. The molecule has 8 heteroatoms. The van der Waals surface area contributed by atoms with Crippen molar-refractivity contribution in [2.75, 3.05) is 31.1 Å². The second-order valence-electron chi connectivity index (χ2n) is 5.84. The molecule has 6 nitrogen and oxygen atoms in total. The van der Waals surface area contributed by atoms with E-state index in [0.717, 1.165) is 24.5 Å². The molecule has 128 valence electrons. The molecule has 1 fully saturated rings. The molecular weight excluding hydrogens is 379 g/mol. The third-order valence-corrected chi connectivity index (χ3v) is 4.51. The second-order valence-corrected chi connectivity index (χ2v) is 6.75. The van der Waals surface area contributed by atoms with Crippen molar-refractivity contribution < 1.29 is 13.7 Å². The molecule has 0 spiro atoms. The lowest BCUT2D eigenvalue weighted by atomic mass is 10.1. The molecule has 24 heavy (non-hydrogen) atoms. The number of amides is 1. The maximum absolute atomic E-state index is 14.1. The fraction of sp³-hybridized carbons (Fsp3) is 0.375. The Morgan fingerprint density at radius 1 is 1.33 bits per heavy atom. The molecule has 2 N–H and O–H groups in total. The van der Waals surface area contributed by atoms with Gasteiger partial charge in [-0.25, -0.2) is 4.39 Å². The van der Waals surface area contributed by atoms with Crippen LogP contribution < -0.4 is 10.6 Å². The number of halogens is 2. The number of hydrogen-bond donors (Lipinski definition) is 1. The van der Waals surface area contributed by atoms with Gasteiger partial charge in [-0.1, -0.05) is 21.1 Å². The van der Waals surface area contributed by atoms with Crippen LogP contribution in [0.25, 0.3) is 0 Å². The van der Waals surface area contributed by atoms with Gasteiger partial charge in [-0.15, -0.1) is 0 Å². The smallest absolute Gasteiger partial charge is 0.253 e. The Morgan fingerprint density at radius 2 is 2.04 bits per heavy atom. The highest BCUT2D eigenvalue weighted by atomic mass is 79.9. The molecule has 1 aliphatic rings. The summed E-state index contributed by atoms with van der Waals surface area (Å²) in [6.07, 6.45) is 0. The summed E-state index contributed by atoms with van der Waals surface area (Å²) in [5.41, 5.74) is 6.73. The van der Waals surface area contributed by atoms with Crippen LogP contribution in [-0.2, 0) is 6.54 Å². The first-order valence-electron chi connectivity index (χ1n) is 7.62. The van der Waals surface area contributed by atoms with Crippen LogP contribution in [0.2, 0.25) is 0 Å². The van der Waals surface area contributed by atoms with Crippen molar-refractivity contribution >= 4 is 27.5 Å². The maximum Gasteiger partial charge on any atom is 0.253 e. The second kappa shape index (κ2) is 6.90. The normalized spacial score (nSPS) is 15.7. The van der Waals surface area contributed by atoms with Gasteiger partial charge in [0.1, 0.15) is 11.6 Å². The number of anilines is 1. The highest BCUT2D eigenvalue weighted by Crippen LogP contribution is 2.29. The predicted octanol–water partition coefficient (Wildman–Crippen LogP) is 2.31. The fourth-order valence-corrected chi connectivity index (χ4v) is 3.34. The number of hydrogen-bond acceptors (Lipinski definition) is 5. The highest BCUT2D eigenvalue weighted by molar-refractivity contribution is 9.10. The fourth-order valence-electron chi connectivity index (χ4n) is 2.92. The Labute approximate surface area is 147 Å². The quantitative estimate of drug-likeness (QED) is 0.857. The largest absolute Gasteiger partial charge is 0.368 e. The molecule has 2 heterocycles. The Bertz CT molecular complexity index is 757. The Balaban J connectivity index is 1.71. The van der Waals surface area contributed by atoms with E-state index in [9.17, 15) is 9.18 Å². The molecule has 0 radical (unpaired) electrons. The third-order valence-electron chi connectivity index (χ3n) is 4.06. The molecule has 1 amide bonds. The average Bonchev–Trinajstić information content (AvgIpc) is 2.92. The lowest BCUT2D eigenvalue weighted by Crippen LogP contribution is -2.46. The standard InChI is InChI=1S/C16H18BrFN4O2/c1-10-6-12(20-24-10)9-21-2-4-22(5-3-21)14-8-11(17)7-13(18)15(14)16(19)23/h6-8H,2-5,9H2,1H3,(H2,19,23). The van der Waals surface area contributed by atoms with E-state index in [1.165, 1.54) is 6.07 Å². The van der Waals surface area contributed by atoms with Crippen LogP contribution in [0.15, 0.2) is 27.2 Å². The van der Waals surface area contributed by atoms with Gasteiger partial charge in [-0.2, -0.15) is 0 Å². The first-order valence-corrected chi connectivity index (χ1v) is 8.41. The van der Waals surface area contributed by atoms with Crippen LogP contribution in [0.1, 0.15) is 21.8 Å². The first kappa shape index (κ1) is 16.9. The van der Waals surface area contributed by atoms with Crippen LogP contribution in [0.5, 0.6) is 0 Å². The highest BCUT2D eigenvalue weighted by Gasteiger charge is 2.24. The lowest BCUT2D eigenvalue weighted by Gasteiger charge is -2.36. The van der Waals surface area contributed by atoms with E-state index in [0.29, 0.717) is 29.8 Å². The molecule has 1 aromatic carbocycles. The van der Waals surface area contributed by atoms with Crippen LogP contribution in [0, 0.1) is 12.7 Å². The van der Waals surface area contributed by atoms with Crippen LogP contribution >= 0.6 is 15.9 Å². The molecule has 1 saturated heterocycles. The first-order chi connectivity index (χ1) is 11.4. The van der Waals surface area contributed by atoms with Crippen molar-refractivity contribution in [1.29, 1.82) is 0 Å². The molecular formula is C16H18BrFN4O2. The van der Waals surface area contributed by atoms with Gasteiger partial charge < -0.3 is 15.2 Å². The van der Waals surface area contributed by atoms with Gasteiger partial charge in [0, 0.05) is 43.3 Å². The summed E-state index contributed by atoms with van der Waals surface area (Å²) in [4.78, 5) is 15.8. The van der Waals surface area contributed by atoms with Crippen LogP contribution in [0.4, 0.5) is 10.1 Å². The van der Waals surface area contributed by atoms with Gasteiger partial charge in [0.25, 0.3) is 5.91 Å². The number of aromatic nitrogens is 1. The minimum atomic E-state index is -0.754. The summed E-state index contributed by atoms with van der Waals surface area (Å²) in [6.45, 7) is 5.47. The Kier molecular flexibility index (Phi) is 4.86. The van der Waals surface area contributed by atoms with Crippen LogP contribution in [0.3, 0.4) is 0 Å². The zero-order valence-electron chi connectivity index (χ0n) is 13.3. The molecule has 0 saturated carbocycles. The molecule has 0 atom stereocenters. The van der Waals surface area contributed by atoms with E-state index >= 15 is 0 Å². The van der Waals surface area contributed by atoms with E-state index in [1.54, 1.807) is 6.07 Å². The van der Waals surface area contributed by atoms with E-state index in [2.05, 4.69) is 26.0 Å². The van der Waals surface area contributed by atoms with E-state index in [-0.39, 0.29) is 5.56 Å². The van der Waals surface area contributed by atoms with Gasteiger partial charge in [-0.3, -0.25) is 9.69 Å². The monoisotopic (exact) mass is 396 g/mol. The zero-order chi connectivity index (χ0) is 17.3. The molecule has 0 bridgehead atoms. The number of piperazine rings is 1. The molecule has 2 aromatic rings. The van der Waals surface area contributed by atoms with Crippen molar-refractivity contribution in [1.82, 2.24) is 10.1 Å². The van der Waals surface area contributed by atoms with Gasteiger partial charge in [0.15, 0.2) is 0 Å². The zero-order valence-corrected chi connectivity index (χ0v) is 14.8.